The summed E-state index contributed by atoms with van der Waals surface area (Å²) in [5.41, 5.74) is 0.474. The van der Waals surface area contributed by atoms with Gasteiger partial charge in [0.25, 0.3) is 0 Å². The number of benzene rings is 1. The minimum absolute atomic E-state index is 0.199. The molecule has 0 bridgehead atoms. The van der Waals surface area contributed by atoms with E-state index in [0.717, 1.165) is 24.2 Å². The summed E-state index contributed by atoms with van der Waals surface area (Å²) in [6.45, 7) is 8.88. The molecule has 1 aromatic carbocycles. The Hall–Kier alpha value is -1.06. The number of methoxy groups -OCH3 is 1. The minimum Gasteiger partial charge on any atom is -0.496 e. The average molecular weight is 279 g/mol. The third-order valence-corrected chi connectivity index (χ3v) is 3.50. The van der Waals surface area contributed by atoms with Crippen LogP contribution >= 0.6 is 0 Å². The number of hydrogen-bond acceptors (Lipinski definition) is 3. The van der Waals surface area contributed by atoms with Crippen molar-refractivity contribution < 1.29 is 9.84 Å². The highest BCUT2D eigenvalue weighted by Gasteiger charge is 2.23. The first-order chi connectivity index (χ1) is 9.39. The molecule has 0 aliphatic heterocycles. The smallest absolute Gasteiger partial charge is 0.123 e. The van der Waals surface area contributed by atoms with Gasteiger partial charge in [-0.2, -0.15) is 0 Å². The van der Waals surface area contributed by atoms with E-state index < -0.39 is 5.60 Å². The molecule has 0 aliphatic rings. The fraction of sp³-hybridized carbons (Fsp3) is 0.647. The third kappa shape index (κ3) is 5.14. The zero-order valence-corrected chi connectivity index (χ0v) is 13.4. The van der Waals surface area contributed by atoms with Gasteiger partial charge in [0.2, 0.25) is 0 Å². The van der Waals surface area contributed by atoms with Gasteiger partial charge in [-0.05, 0) is 31.7 Å². The minimum atomic E-state index is -0.677. The van der Waals surface area contributed by atoms with Gasteiger partial charge in [-0.15, -0.1) is 0 Å². The monoisotopic (exact) mass is 279 g/mol. The lowest BCUT2D eigenvalue weighted by Crippen LogP contribution is -2.40. The molecule has 2 unspecified atom stereocenters. The van der Waals surface area contributed by atoms with Gasteiger partial charge in [-0.3, -0.25) is 0 Å². The summed E-state index contributed by atoms with van der Waals surface area (Å²) in [5, 5.41) is 13.9. The van der Waals surface area contributed by atoms with Gasteiger partial charge < -0.3 is 15.2 Å². The molecule has 1 rings (SSSR count). The van der Waals surface area contributed by atoms with E-state index in [2.05, 4.69) is 32.2 Å². The van der Waals surface area contributed by atoms with Gasteiger partial charge >= 0.3 is 0 Å². The van der Waals surface area contributed by atoms with E-state index in [1.807, 2.05) is 25.1 Å². The molecule has 0 amide bonds. The van der Waals surface area contributed by atoms with Crippen LogP contribution in [-0.2, 0) is 0 Å². The second-order valence-electron chi connectivity index (χ2n) is 6.18. The maximum Gasteiger partial charge on any atom is 0.123 e. The molecule has 114 valence electrons. The van der Waals surface area contributed by atoms with Crippen LogP contribution in [0.1, 0.15) is 52.1 Å². The summed E-state index contributed by atoms with van der Waals surface area (Å²) in [6, 6.07) is 8.26. The zero-order valence-electron chi connectivity index (χ0n) is 13.4. The van der Waals surface area contributed by atoms with Gasteiger partial charge in [0.1, 0.15) is 5.75 Å². The molecule has 0 saturated heterocycles. The Morgan fingerprint density at radius 1 is 1.30 bits per heavy atom. The number of aliphatic hydroxyl groups is 1. The van der Waals surface area contributed by atoms with Gasteiger partial charge in [-0.25, -0.2) is 0 Å². The molecule has 0 fully saturated rings. The van der Waals surface area contributed by atoms with E-state index in [0.29, 0.717) is 12.5 Å². The molecule has 0 radical (unpaired) electrons. The first-order valence-corrected chi connectivity index (χ1v) is 7.48. The van der Waals surface area contributed by atoms with Crippen molar-refractivity contribution in [2.45, 2.75) is 52.2 Å². The Morgan fingerprint density at radius 3 is 2.50 bits per heavy atom. The molecule has 2 N–H and O–H groups in total. The van der Waals surface area contributed by atoms with Crippen molar-refractivity contribution in [3.8, 4) is 5.75 Å². The van der Waals surface area contributed by atoms with Crippen molar-refractivity contribution in [1.82, 2.24) is 5.32 Å². The molecule has 2 atom stereocenters. The SMILES string of the molecule is CCC(NCC(C)(O)CC(C)C)c1ccccc1OC. The van der Waals surface area contributed by atoms with Crippen LogP contribution in [0.25, 0.3) is 0 Å². The van der Waals surface area contributed by atoms with Crippen LogP contribution in [0.15, 0.2) is 24.3 Å². The fourth-order valence-corrected chi connectivity index (χ4v) is 2.72. The molecule has 0 saturated carbocycles. The van der Waals surface area contributed by atoms with E-state index in [4.69, 9.17) is 4.74 Å². The first-order valence-electron chi connectivity index (χ1n) is 7.48. The Labute approximate surface area is 123 Å². The van der Waals surface area contributed by atoms with E-state index in [9.17, 15) is 5.11 Å². The first kappa shape index (κ1) is 17.0. The lowest BCUT2D eigenvalue weighted by molar-refractivity contribution is 0.0356. The van der Waals surface area contributed by atoms with Crippen molar-refractivity contribution in [3.05, 3.63) is 29.8 Å². The zero-order chi connectivity index (χ0) is 15.2. The van der Waals surface area contributed by atoms with Crippen molar-refractivity contribution in [2.24, 2.45) is 5.92 Å². The summed E-state index contributed by atoms with van der Waals surface area (Å²) in [6.07, 6.45) is 1.75. The van der Waals surface area contributed by atoms with E-state index in [1.165, 1.54) is 0 Å². The molecule has 3 nitrogen and oxygen atoms in total. The lowest BCUT2D eigenvalue weighted by Gasteiger charge is -2.29. The molecule has 0 heterocycles. The summed E-state index contributed by atoms with van der Waals surface area (Å²) >= 11 is 0. The van der Waals surface area contributed by atoms with Gasteiger partial charge in [-0.1, -0.05) is 39.0 Å². The number of hydrogen-bond donors (Lipinski definition) is 2. The molecule has 20 heavy (non-hydrogen) atoms. The fourth-order valence-electron chi connectivity index (χ4n) is 2.72. The highest BCUT2D eigenvalue weighted by Crippen LogP contribution is 2.27. The summed E-state index contributed by atoms with van der Waals surface area (Å²) in [7, 11) is 1.69. The van der Waals surface area contributed by atoms with E-state index in [1.54, 1.807) is 7.11 Å². The van der Waals surface area contributed by atoms with Crippen LogP contribution in [0.4, 0.5) is 0 Å². The normalized spacial score (nSPS) is 15.9. The number of ether oxygens (including phenoxy) is 1. The molecule has 0 spiro atoms. The van der Waals surface area contributed by atoms with Gasteiger partial charge in [0, 0.05) is 18.2 Å². The maximum atomic E-state index is 10.4. The molecule has 0 aliphatic carbocycles. The Morgan fingerprint density at radius 2 is 1.95 bits per heavy atom. The number of nitrogens with one attached hydrogen (secondary N) is 1. The topological polar surface area (TPSA) is 41.5 Å². The third-order valence-electron chi connectivity index (χ3n) is 3.50. The van der Waals surface area contributed by atoms with Gasteiger partial charge in [0.05, 0.1) is 12.7 Å². The molecule has 0 aromatic heterocycles. The molecule has 1 aromatic rings. The largest absolute Gasteiger partial charge is 0.496 e. The second kappa shape index (κ2) is 7.65. The second-order valence-corrected chi connectivity index (χ2v) is 6.18. The van der Waals surface area contributed by atoms with Gasteiger partial charge in [0.15, 0.2) is 0 Å². The Bertz CT molecular complexity index is 402. The van der Waals surface area contributed by atoms with Crippen LogP contribution in [-0.4, -0.2) is 24.4 Å². The van der Waals surface area contributed by atoms with Crippen LogP contribution in [0.5, 0.6) is 5.75 Å². The standard InChI is InChI=1S/C17H29NO2/c1-6-15(14-9-7-8-10-16(14)20-5)18-12-17(4,19)11-13(2)3/h7-10,13,15,18-19H,6,11-12H2,1-5H3. The van der Waals surface area contributed by atoms with Crippen molar-refractivity contribution in [2.75, 3.05) is 13.7 Å². The van der Waals surface area contributed by atoms with E-state index in [-0.39, 0.29) is 6.04 Å². The van der Waals surface area contributed by atoms with Crippen LogP contribution in [0, 0.1) is 5.92 Å². The number of rotatable bonds is 8. The summed E-state index contributed by atoms with van der Waals surface area (Å²) in [5.74, 6) is 1.38. The van der Waals surface area contributed by atoms with Crippen LogP contribution < -0.4 is 10.1 Å². The molecular weight excluding hydrogens is 250 g/mol. The van der Waals surface area contributed by atoms with E-state index >= 15 is 0 Å². The average Bonchev–Trinajstić information content (AvgIpc) is 2.38. The summed E-state index contributed by atoms with van der Waals surface area (Å²) < 4.78 is 5.42. The predicted molar refractivity (Wildman–Crippen MR) is 84.1 cm³/mol. The maximum absolute atomic E-state index is 10.4. The molecular formula is C17H29NO2. The van der Waals surface area contributed by atoms with Crippen molar-refractivity contribution >= 4 is 0 Å². The molecule has 3 heteroatoms. The van der Waals surface area contributed by atoms with Crippen molar-refractivity contribution in [3.63, 3.8) is 0 Å². The van der Waals surface area contributed by atoms with Crippen LogP contribution in [0.2, 0.25) is 0 Å². The van der Waals surface area contributed by atoms with Crippen molar-refractivity contribution in [1.29, 1.82) is 0 Å². The quantitative estimate of drug-likeness (QED) is 0.765. The highest BCUT2D eigenvalue weighted by atomic mass is 16.5. The Balaban J connectivity index is 2.72. The van der Waals surface area contributed by atoms with Crippen LogP contribution in [0.3, 0.4) is 0 Å². The lowest BCUT2D eigenvalue weighted by atomic mass is 9.93. The summed E-state index contributed by atoms with van der Waals surface area (Å²) in [4.78, 5) is 0. The highest BCUT2D eigenvalue weighted by molar-refractivity contribution is 5.35. The number of para-hydroxylation sites is 1. The Kier molecular flexibility index (Phi) is 6.50. The predicted octanol–water partition coefficient (Wildman–Crippen LogP) is 3.53.